The van der Waals surface area contributed by atoms with E-state index in [2.05, 4.69) is 41.9 Å². The molecule has 1 saturated carbocycles. The molecule has 17 heavy (non-hydrogen) atoms. The van der Waals surface area contributed by atoms with Crippen LogP contribution < -0.4 is 0 Å². The molecule has 0 radical (unpaired) electrons. The monoisotopic (exact) mass is 296 g/mol. The average Bonchev–Trinajstić information content (AvgIpc) is 2.28. The SMILES string of the molecule is CC1CCC(O)(Cc2ccc(Br)cc2)CC1C. The lowest BCUT2D eigenvalue weighted by Gasteiger charge is -2.39. The maximum absolute atomic E-state index is 10.7. The molecule has 3 atom stereocenters. The summed E-state index contributed by atoms with van der Waals surface area (Å²) in [6.45, 7) is 4.56. The van der Waals surface area contributed by atoms with Crippen LogP contribution in [0.1, 0.15) is 38.7 Å². The van der Waals surface area contributed by atoms with Crippen LogP contribution in [-0.2, 0) is 6.42 Å². The number of rotatable bonds is 2. The first-order chi connectivity index (χ1) is 7.98. The lowest BCUT2D eigenvalue weighted by molar-refractivity contribution is -0.0279. The van der Waals surface area contributed by atoms with Gasteiger partial charge >= 0.3 is 0 Å². The van der Waals surface area contributed by atoms with Crippen LogP contribution in [0.3, 0.4) is 0 Å². The maximum Gasteiger partial charge on any atom is 0.0690 e. The average molecular weight is 297 g/mol. The highest BCUT2D eigenvalue weighted by atomic mass is 79.9. The Balaban J connectivity index is 2.05. The second-order valence-corrected chi connectivity index (χ2v) is 6.64. The van der Waals surface area contributed by atoms with E-state index in [0.29, 0.717) is 5.92 Å². The molecule has 2 rings (SSSR count). The minimum Gasteiger partial charge on any atom is -0.390 e. The molecule has 3 unspecified atom stereocenters. The van der Waals surface area contributed by atoms with Gasteiger partial charge in [0.2, 0.25) is 0 Å². The van der Waals surface area contributed by atoms with Gasteiger partial charge in [-0.05, 0) is 48.8 Å². The van der Waals surface area contributed by atoms with Crippen molar-refractivity contribution < 1.29 is 5.11 Å². The van der Waals surface area contributed by atoms with E-state index in [1.165, 1.54) is 5.56 Å². The van der Waals surface area contributed by atoms with Crippen molar-refractivity contribution in [3.05, 3.63) is 34.3 Å². The molecule has 2 heteroatoms. The van der Waals surface area contributed by atoms with Crippen molar-refractivity contribution in [3.63, 3.8) is 0 Å². The van der Waals surface area contributed by atoms with E-state index in [0.717, 1.165) is 36.1 Å². The predicted molar refractivity (Wildman–Crippen MR) is 75.0 cm³/mol. The molecule has 94 valence electrons. The Morgan fingerprint density at radius 2 is 1.88 bits per heavy atom. The highest BCUT2D eigenvalue weighted by molar-refractivity contribution is 9.10. The minimum atomic E-state index is -0.486. The fraction of sp³-hybridized carbons (Fsp3) is 0.600. The first-order valence-corrected chi connectivity index (χ1v) is 7.25. The van der Waals surface area contributed by atoms with Crippen LogP contribution >= 0.6 is 15.9 Å². The molecule has 1 aromatic rings. The normalized spacial score (nSPS) is 33.6. The molecule has 0 spiro atoms. The molecule has 0 bridgehead atoms. The number of hydrogen-bond acceptors (Lipinski definition) is 1. The van der Waals surface area contributed by atoms with Gasteiger partial charge in [-0.15, -0.1) is 0 Å². The van der Waals surface area contributed by atoms with E-state index >= 15 is 0 Å². The number of aliphatic hydroxyl groups is 1. The minimum absolute atomic E-state index is 0.486. The molecule has 1 N–H and O–H groups in total. The Kier molecular flexibility index (Phi) is 3.94. The third-order valence-electron chi connectivity index (χ3n) is 4.18. The van der Waals surface area contributed by atoms with Crippen molar-refractivity contribution >= 4 is 15.9 Å². The van der Waals surface area contributed by atoms with Gasteiger partial charge in [-0.1, -0.05) is 41.9 Å². The summed E-state index contributed by atoms with van der Waals surface area (Å²) in [5.41, 5.74) is 0.747. The van der Waals surface area contributed by atoms with E-state index in [9.17, 15) is 5.11 Å². The lowest BCUT2D eigenvalue weighted by atomic mass is 9.71. The Labute approximate surface area is 112 Å². The third-order valence-corrected chi connectivity index (χ3v) is 4.71. The van der Waals surface area contributed by atoms with E-state index in [4.69, 9.17) is 0 Å². The van der Waals surface area contributed by atoms with Gasteiger partial charge in [-0.2, -0.15) is 0 Å². The van der Waals surface area contributed by atoms with Crippen molar-refractivity contribution in [1.29, 1.82) is 0 Å². The second kappa shape index (κ2) is 5.11. The summed E-state index contributed by atoms with van der Waals surface area (Å²) in [5.74, 6) is 1.38. The summed E-state index contributed by atoms with van der Waals surface area (Å²) in [7, 11) is 0. The summed E-state index contributed by atoms with van der Waals surface area (Å²) in [5, 5.41) is 10.7. The molecule has 0 aromatic heterocycles. The van der Waals surface area contributed by atoms with Crippen LogP contribution in [0.2, 0.25) is 0 Å². The Hall–Kier alpha value is -0.340. The topological polar surface area (TPSA) is 20.2 Å². The Bertz CT molecular complexity index is 373. The van der Waals surface area contributed by atoms with Crippen LogP contribution in [0.25, 0.3) is 0 Å². The number of halogens is 1. The molecule has 0 aliphatic heterocycles. The van der Waals surface area contributed by atoms with Gasteiger partial charge < -0.3 is 5.11 Å². The van der Waals surface area contributed by atoms with Crippen LogP contribution in [0.15, 0.2) is 28.7 Å². The van der Waals surface area contributed by atoms with E-state index < -0.39 is 5.60 Å². The summed E-state index contributed by atoms with van der Waals surface area (Å²) < 4.78 is 1.10. The van der Waals surface area contributed by atoms with E-state index in [1.807, 2.05) is 12.1 Å². The fourth-order valence-electron chi connectivity index (χ4n) is 2.83. The standard InChI is InChI=1S/C15H21BrO/c1-11-7-8-15(17,9-12(11)2)10-13-3-5-14(16)6-4-13/h3-6,11-12,17H,7-10H2,1-2H3. The largest absolute Gasteiger partial charge is 0.390 e. The zero-order chi connectivity index (χ0) is 12.5. The Morgan fingerprint density at radius 3 is 2.47 bits per heavy atom. The molecular weight excluding hydrogens is 276 g/mol. The number of hydrogen-bond donors (Lipinski definition) is 1. The molecule has 0 heterocycles. The van der Waals surface area contributed by atoms with Gasteiger partial charge in [0.05, 0.1) is 5.60 Å². The molecule has 1 nitrogen and oxygen atoms in total. The van der Waals surface area contributed by atoms with Crippen molar-refractivity contribution in [3.8, 4) is 0 Å². The molecule has 1 aromatic carbocycles. The van der Waals surface area contributed by atoms with Crippen LogP contribution in [-0.4, -0.2) is 10.7 Å². The van der Waals surface area contributed by atoms with E-state index in [-0.39, 0.29) is 0 Å². The molecule has 0 amide bonds. The van der Waals surface area contributed by atoms with Gasteiger partial charge in [0.15, 0.2) is 0 Å². The molecular formula is C15H21BrO. The number of benzene rings is 1. The molecule has 1 aliphatic carbocycles. The summed E-state index contributed by atoms with van der Waals surface area (Å²) in [4.78, 5) is 0. The van der Waals surface area contributed by atoms with Crippen LogP contribution in [0, 0.1) is 11.8 Å². The third kappa shape index (κ3) is 3.32. The molecule has 1 fully saturated rings. The zero-order valence-corrected chi connectivity index (χ0v) is 12.2. The van der Waals surface area contributed by atoms with Gasteiger partial charge in [0.25, 0.3) is 0 Å². The summed E-state index contributed by atoms with van der Waals surface area (Å²) in [6.07, 6.45) is 3.81. The first kappa shape index (κ1) is 13.1. The smallest absolute Gasteiger partial charge is 0.0690 e. The summed E-state index contributed by atoms with van der Waals surface area (Å²) >= 11 is 3.44. The van der Waals surface area contributed by atoms with E-state index in [1.54, 1.807) is 0 Å². The van der Waals surface area contributed by atoms with Crippen molar-refractivity contribution in [2.45, 2.75) is 45.1 Å². The molecule has 1 aliphatic rings. The van der Waals surface area contributed by atoms with Crippen molar-refractivity contribution in [2.24, 2.45) is 11.8 Å². The highest BCUT2D eigenvalue weighted by Gasteiger charge is 2.35. The van der Waals surface area contributed by atoms with Gasteiger partial charge in [-0.3, -0.25) is 0 Å². The first-order valence-electron chi connectivity index (χ1n) is 6.45. The highest BCUT2D eigenvalue weighted by Crippen LogP contribution is 2.38. The van der Waals surface area contributed by atoms with Crippen molar-refractivity contribution in [1.82, 2.24) is 0 Å². The summed E-state index contributed by atoms with van der Waals surface area (Å²) in [6, 6.07) is 8.30. The lowest BCUT2D eigenvalue weighted by Crippen LogP contribution is -2.39. The van der Waals surface area contributed by atoms with Crippen LogP contribution in [0.4, 0.5) is 0 Å². The Morgan fingerprint density at radius 1 is 1.24 bits per heavy atom. The van der Waals surface area contributed by atoms with Gasteiger partial charge in [-0.25, -0.2) is 0 Å². The quantitative estimate of drug-likeness (QED) is 0.868. The maximum atomic E-state index is 10.7. The van der Waals surface area contributed by atoms with Crippen LogP contribution in [0.5, 0.6) is 0 Å². The second-order valence-electron chi connectivity index (χ2n) is 5.72. The van der Waals surface area contributed by atoms with Gasteiger partial charge in [0, 0.05) is 10.9 Å². The zero-order valence-electron chi connectivity index (χ0n) is 10.6. The fourth-order valence-corrected chi connectivity index (χ4v) is 3.09. The molecule has 0 saturated heterocycles. The van der Waals surface area contributed by atoms with Gasteiger partial charge in [0.1, 0.15) is 0 Å². The predicted octanol–water partition coefficient (Wildman–Crippen LogP) is 4.18. The van der Waals surface area contributed by atoms with Crippen molar-refractivity contribution in [2.75, 3.05) is 0 Å².